The molecule has 0 saturated carbocycles. The van der Waals surface area contributed by atoms with E-state index in [1.54, 1.807) is 18.5 Å². The molecule has 0 aliphatic carbocycles. The number of hydrogen-bond acceptors (Lipinski definition) is 4. The van der Waals surface area contributed by atoms with Crippen LogP contribution >= 0.6 is 47.8 Å². The third-order valence-corrected chi connectivity index (χ3v) is 4.46. The van der Waals surface area contributed by atoms with E-state index < -0.39 is 0 Å². The fraction of sp³-hybridized carbons (Fsp3) is 0. The summed E-state index contributed by atoms with van der Waals surface area (Å²) in [5, 5.41) is 0. The van der Waals surface area contributed by atoms with Gasteiger partial charge in [-0.25, -0.2) is 4.98 Å². The number of aromatic nitrogens is 2. The zero-order valence-corrected chi connectivity index (χ0v) is 14.1. The number of hydrogen-bond donors (Lipinski definition) is 1. The molecule has 0 bridgehead atoms. The summed E-state index contributed by atoms with van der Waals surface area (Å²) in [4.78, 5) is 8.55. The lowest BCUT2D eigenvalue weighted by Gasteiger charge is -1.99. The van der Waals surface area contributed by atoms with Crippen molar-refractivity contribution >= 4 is 64.6 Å². The third kappa shape index (κ3) is 2.30. The van der Waals surface area contributed by atoms with Crippen molar-refractivity contribution in [3.63, 3.8) is 0 Å². The number of benzene rings is 1. The van der Waals surface area contributed by atoms with Gasteiger partial charge in [-0.15, -0.1) is 0 Å². The number of nitrogen functional groups attached to an aromatic ring is 1. The van der Waals surface area contributed by atoms with Crippen molar-refractivity contribution in [2.45, 2.75) is 0 Å². The summed E-state index contributed by atoms with van der Waals surface area (Å²) < 4.78 is 8.09. The number of fused-ring (bicyclic) bond motifs is 1. The highest BCUT2D eigenvalue weighted by Gasteiger charge is 2.15. The lowest BCUT2D eigenvalue weighted by atomic mass is 10.3. The predicted octanol–water partition coefficient (Wildman–Crippen LogP) is 4.76. The second-order valence-corrected chi connectivity index (χ2v) is 6.41. The molecule has 0 amide bonds. The Morgan fingerprint density at radius 1 is 1.11 bits per heavy atom. The Morgan fingerprint density at radius 3 is 2.63 bits per heavy atom. The molecule has 0 unspecified atom stereocenters. The van der Waals surface area contributed by atoms with Crippen LogP contribution in [0.2, 0.25) is 0 Å². The van der Waals surface area contributed by atoms with E-state index in [4.69, 9.17) is 10.2 Å². The number of nitrogens with two attached hydrogens (primary N) is 1. The van der Waals surface area contributed by atoms with Gasteiger partial charge in [-0.1, -0.05) is 0 Å². The first-order valence-electron chi connectivity index (χ1n) is 5.21. The van der Waals surface area contributed by atoms with Gasteiger partial charge in [-0.3, -0.25) is 4.98 Å². The highest BCUT2D eigenvalue weighted by molar-refractivity contribution is 9.11. The SMILES string of the molecule is Nc1c(Br)cc2oc(-c3cncc(Br)c3)nc2c1Br. The van der Waals surface area contributed by atoms with Crippen molar-refractivity contribution in [3.05, 3.63) is 37.9 Å². The summed E-state index contributed by atoms with van der Waals surface area (Å²) >= 11 is 10.2. The Hall–Kier alpha value is -0.920. The molecule has 0 spiro atoms. The molecule has 19 heavy (non-hydrogen) atoms. The molecule has 3 aromatic rings. The minimum absolute atomic E-state index is 0.502. The normalized spacial score (nSPS) is 11.1. The van der Waals surface area contributed by atoms with Crippen molar-refractivity contribution in [2.24, 2.45) is 0 Å². The standard InChI is InChI=1S/C12H6Br3N3O/c13-6-1-5(3-17-4-6)12-18-11-8(19-12)2-7(14)10(16)9(11)15/h1-4H,16H2. The van der Waals surface area contributed by atoms with Crippen molar-refractivity contribution in [1.29, 1.82) is 0 Å². The van der Waals surface area contributed by atoms with Crippen LogP contribution in [0, 0.1) is 0 Å². The summed E-state index contributed by atoms with van der Waals surface area (Å²) in [5.74, 6) is 0.502. The number of pyridine rings is 1. The quantitative estimate of drug-likeness (QED) is 0.546. The minimum atomic E-state index is 0.502. The average Bonchev–Trinajstić information content (AvgIpc) is 2.80. The Labute approximate surface area is 133 Å². The van der Waals surface area contributed by atoms with E-state index >= 15 is 0 Å². The van der Waals surface area contributed by atoms with E-state index in [2.05, 4.69) is 57.8 Å². The molecule has 7 heteroatoms. The monoisotopic (exact) mass is 445 g/mol. The molecule has 0 saturated heterocycles. The van der Waals surface area contributed by atoms with Gasteiger partial charge in [0.05, 0.1) is 15.7 Å². The summed E-state index contributed by atoms with van der Waals surface area (Å²) in [6.07, 6.45) is 3.40. The van der Waals surface area contributed by atoms with Crippen LogP contribution in [0.4, 0.5) is 5.69 Å². The number of halogens is 3. The van der Waals surface area contributed by atoms with Gasteiger partial charge in [0, 0.05) is 21.3 Å². The second kappa shape index (κ2) is 4.88. The van der Waals surface area contributed by atoms with E-state index in [1.807, 2.05) is 6.07 Å². The van der Waals surface area contributed by atoms with Crippen LogP contribution in [0.1, 0.15) is 0 Å². The molecule has 0 atom stereocenters. The van der Waals surface area contributed by atoms with Crippen LogP contribution in [0.15, 0.2) is 42.4 Å². The number of rotatable bonds is 1. The molecule has 2 N–H and O–H groups in total. The van der Waals surface area contributed by atoms with Crippen LogP contribution in [0.3, 0.4) is 0 Å². The van der Waals surface area contributed by atoms with E-state index in [-0.39, 0.29) is 0 Å². The smallest absolute Gasteiger partial charge is 0.228 e. The van der Waals surface area contributed by atoms with E-state index in [0.29, 0.717) is 22.7 Å². The predicted molar refractivity (Wildman–Crippen MR) is 84.8 cm³/mol. The van der Waals surface area contributed by atoms with Crippen molar-refractivity contribution in [1.82, 2.24) is 9.97 Å². The van der Waals surface area contributed by atoms with Crippen LogP contribution in [-0.4, -0.2) is 9.97 Å². The van der Waals surface area contributed by atoms with E-state index in [9.17, 15) is 0 Å². The summed E-state index contributed by atoms with van der Waals surface area (Å²) in [6, 6.07) is 3.70. The lowest BCUT2D eigenvalue weighted by molar-refractivity contribution is 0.619. The Bertz CT molecular complexity index is 785. The molecule has 2 heterocycles. The van der Waals surface area contributed by atoms with Crippen LogP contribution in [0.25, 0.3) is 22.6 Å². The summed E-state index contributed by atoms with van der Waals surface area (Å²) in [6.45, 7) is 0. The van der Waals surface area contributed by atoms with Crippen LogP contribution in [-0.2, 0) is 0 Å². The molecule has 0 aliphatic heterocycles. The summed E-state index contributed by atoms with van der Waals surface area (Å²) in [7, 11) is 0. The Balaban J connectivity index is 2.25. The molecule has 0 radical (unpaired) electrons. The molecule has 96 valence electrons. The maximum absolute atomic E-state index is 5.92. The van der Waals surface area contributed by atoms with E-state index in [1.165, 1.54) is 0 Å². The highest BCUT2D eigenvalue weighted by atomic mass is 79.9. The number of anilines is 1. The van der Waals surface area contributed by atoms with Gasteiger partial charge in [0.15, 0.2) is 5.58 Å². The molecular formula is C12H6Br3N3O. The first-order valence-corrected chi connectivity index (χ1v) is 7.59. The third-order valence-electron chi connectivity index (χ3n) is 2.56. The van der Waals surface area contributed by atoms with Gasteiger partial charge in [0.25, 0.3) is 0 Å². The number of nitrogens with zero attached hydrogens (tertiary/aromatic N) is 2. The highest BCUT2D eigenvalue weighted by Crippen LogP contribution is 2.37. The zero-order chi connectivity index (χ0) is 13.6. The zero-order valence-electron chi connectivity index (χ0n) is 9.32. The second-order valence-electron chi connectivity index (χ2n) is 3.84. The van der Waals surface area contributed by atoms with Crippen molar-refractivity contribution in [2.75, 3.05) is 5.73 Å². The first kappa shape index (κ1) is 13.1. The van der Waals surface area contributed by atoms with Gasteiger partial charge in [-0.2, -0.15) is 0 Å². The number of oxazole rings is 1. The van der Waals surface area contributed by atoms with Gasteiger partial charge < -0.3 is 10.2 Å². The molecule has 3 rings (SSSR count). The summed E-state index contributed by atoms with van der Waals surface area (Å²) in [5.41, 5.74) is 8.67. The van der Waals surface area contributed by atoms with Gasteiger partial charge in [0.1, 0.15) is 5.52 Å². The molecule has 0 fully saturated rings. The fourth-order valence-electron chi connectivity index (χ4n) is 1.66. The van der Waals surface area contributed by atoms with Crippen molar-refractivity contribution in [3.8, 4) is 11.5 Å². The molecule has 4 nitrogen and oxygen atoms in total. The van der Waals surface area contributed by atoms with Crippen LogP contribution < -0.4 is 5.73 Å². The Morgan fingerprint density at radius 2 is 1.89 bits per heavy atom. The largest absolute Gasteiger partial charge is 0.436 e. The Kier molecular flexibility index (Phi) is 3.36. The van der Waals surface area contributed by atoms with Crippen LogP contribution in [0.5, 0.6) is 0 Å². The van der Waals surface area contributed by atoms with Gasteiger partial charge in [-0.05, 0) is 59.9 Å². The topological polar surface area (TPSA) is 64.9 Å². The molecular weight excluding hydrogens is 442 g/mol. The van der Waals surface area contributed by atoms with Gasteiger partial charge >= 0.3 is 0 Å². The molecule has 1 aromatic carbocycles. The minimum Gasteiger partial charge on any atom is -0.436 e. The first-order chi connectivity index (χ1) is 9.06. The lowest BCUT2D eigenvalue weighted by Crippen LogP contribution is -1.88. The maximum atomic E-state index is 5.92. The molecule has 2 aromatic heterocycles. The average molecular weight is 448 g/mol. The van der Waals surface area contributed by atoms with Gasteiger partial charge in [0.2, 0.25) is 5.89 Å². The maximum Gasteiger partial charge on any atom is 0.228 e. The van der Waals surface area contributed by atoms with E-state index in [0.717, 1.165) is 19.0 Å². The molecule has 0 aliphatic rings. The van der Waals surface area contributed by atoms with Crippen molar-refractivity contribution < 1.29 is 4.42 Å². The fourth-order valence-corrected chi connectivity index (χ4v) is 3.20.